The predicted molar refractivity (Wildman–Crippen MR) is 169 cm³/mol. The van der Waals surface area contributed by atoms with Gasteiger partial charge in [-0.15, -0.1) is 0 Å². The van der Waals surface area contributed by atoms with Gasteiger partial charge in [0.05, 0.1) is 30.2 Å². The number of hydrogen-bond donors (Lipinski definition) is 1. The van der Waals surface area contributed by atoms with E-state index in [9.17, 15) is 14.3 Å². The van der Waals surface area contributed by atoms with E-state index in [1.807, 2.05) is 10.6 Å². The number of carboxylic acids is 1. The Morgan fingerprint density at radius 1 is 1.04 bits per heavy atom. The quantitative estimate of drug-likeness (QED) is 0.136. The first kappa shape index (κ1) is 33.1. The lowest BCUT2D eigenvalue weighted by Crippen LogP contribution is -2.38. The lowest BCUT2D eigenvalue weighted by atomic mass is 10.1. The lowest BCUT2D eigenvalue weighted by Gasteiger charge is -2.31. The van der Waals surface area contributed by atoms with Crippen LogP contribution in [-0.2, 0) is 30.9 Å². The molecule has 12 heteroatoms. The number of nitrogens with zero attached hydrogens (tertiary/aromatic N) is 5. The molecule has 1 fully saturated rings. The van der Waals surface area contributed by atoms with Crippen molar-refractivity contribution >= 4 is 28.6 Å². The van der Waals surface area contributed by atoms with Crippen molar-refractivity contribution in [2.24, 2.45) is 0 Å². The molecule has 0 saturated carbocycles. The van der Waals surface area contributed by atoms with E-state index in [0.717, 1.165) is 57.4 Å². The number of hydrogen-bond acceptors (Lipinski definition) is 7. The highest BCUT2D eigenvalue weighted by Crippen LogP contribution is 2.26. The molecule has 1 aliphatic heterocycles. The van der Waals surface area contributed by atoms with Crippen LogP contribution in [0.5, 0.6) is 11.6 Å². The number of rotatable bonds is 15. The van der Waals surface area contributed by atoms with Crippen LogP contribution in [0.1, 0.15) is 62.0 Å². The summed E-state index contributed by atoms with van der Waals surface area (Å²) in [6.07, 6.45) is 5.30. The SMILES string of the molecule is N#CCCCCCCn1c(CN2CCC(Oc3cccc(COc4ccc(Cl)cc4F)n3)CC2)nc2c(F)cc(CC(=O)O)cc21. The van der Waals surface area contributed by atoms with E-state index in [2.05, 4.69) is 20.9 Å². The largest absolute Gasteiger partial charge is 0.484 e. The summed E-state index contributed by atoms with van der Waals surface area (Å²) in [5.74, 6) is -0.770. The fraction of sp³-hybridized carbons (Fsp3) is 0.412. The van der Waals surface area contributed by atoms with Gasteiger partial charge in [-0.3, -0.25) is 9.69 Å². The summed E-state index contributed by atoms with van der Waals surface area (Å²) in [6, 6.07) is 14.8. The predicted octanol–water partition coefficient (Wildman–Crippen LogP) is 7.09. The summed E-state index contributed by atoms with van der Waals surface area (Å²) in [5.41, 5.74) is 1.86. The fourth-order valence-electron chi connectivity index (χ4n) is 5.66. The van der Waals surface area contributed by atoms with Crippen LogP contribution < -0.4 is 9.47 Å². The number of aliphatic carboxylic acids is 1. The molecule has 0 radical (unpaired) electrons. The number of unbranched alkanes of at least 4 members (excludes halogenated alkanes) is 4. The second-order valence-corrected chi connectivity index (χ2v) is 11.9. The monoisotopic (exact) mass is 651 g/mol. The lowest BCUT2D eigenvalue weighted by molar-refractivity contribution is -0.136. The molecule has 0 aliphatic carbocycles. The van der Waals surface area contributed by atoms with Crippen molar-refractivity contribution in [1.29, 1.82) is 5.26 Å². The van der Waals surface area contributed by atoms with Crippen molar-refractivity contribution in [3.8, 4) is 17.7 Å². The number of nitriles is 1. The third-order valence-electron chi connectivity index (χ3n) is 7.96. The van der Waals surface area contributed by atoms with Gasteiger partial charge in [-0.1, -0.05) is 30.5 Å². The van der Waals surface area contributed by atoms with Crippen molar-refractivity contribution in [2.45, 2.75) is 77.2 Å². The van der Waals surface area contributed by atoms with E-state index in [-0.39, 0.29) is 30.4 Å². The van der Waals surface area contributed by atoms with Crippen molar-refractivity contribution < 1.29 is 28.2 Å². The highest BCUT2D eigenvalue weighted by Gasteiger charge is 2.24. The van der Waals surface area contributed by atoms with Crippen LogP contribution in [0.15, 0.2) is 48.5 Å². The maximum atomic E-state index is 15.1. The van der Waals surface area contributed by atoms with Gasteiger partial charge in [0, 0.05) is 37.1 Å². The number of piperidine rings is 1. The average molecular weight is 652 g/mol. The minimum atomic E-state index is -1.02. The Morgan fingerprint density at radius 2 is 1.85 bits per heavy atom. The van der Waals surface area contributed by atoms with Crippen LogP contribution in [0.3, 0.4) is 0 Å². The Morgan fingerprint density at radius 3 is 2.61 bits per heavy atom. The van der Waals surface area contributed by atoms with Crippen molar-refractivity contribution in [2.75, 3.05) is 13.1 Å². The minimum absolute atomic E-state index is 0.0446. The standard InChI is InChI=1S/C34H36ClF2N5O4/c35-24-9-10-30(27(36)20-24)45-22-25-7-6-8-32(39-25)46-26-11-15-41(16-12-26)21-31-40-34-28(37)17-23(19-33(43)44)18-29(34)42(31)14-5-3-1-2-4-13-38/h6-10,17-18,20,26H,1-5,11-12,14-16,19,21-22H2,(H,43,44). The molecule has 9 nitrogen and oxygen atoms in total. The molecule has 1 N–H and O–H groups in total. The number of ether oxygens (including phenoxy) is 2. The number of halogens is 3. The summed E-state index contributed by atoms with van der Waals surface area (Å²) in [7, 11) is 0. The van der Waals surface area contributed by atoms with Gasteiger partial charge in [-0.05, 0) is 67.6 Å². The van der Waals surface area contributed by atoms with E-state index < -0.39 is 17.6 Å². The molecule has 0 atom stereocenters. The Hall–Kier alpha value is -4.27. The molecule has 4 aromatic rings. The van der Waals surface area contributed by atoms with Crippen molar-refractivity contribution in [3.63, 3.8) is 0 Å². The molecular weight excluding hydrogens is 616 g/mol. The summed E-state index contributed by atoms with van der Waals surface area (Å²) >= 11 is 5.81. The van der Waals surface area contributed by atoms with Crippen LogP contribution in [-0.4, -0.2) is 49.7 Å². The van der Waals surface area contributed by atoms with Crippen molar-refractivity contribution in [3.05, 3.63) is 82.3 Å². The second kappa shape index (κ2) is 15.8. The Kier molecular flexibility index (Phi) is 11.4. The minimum Gasteiger partial charge on any atom is -0.484 e. The number of aromatic nitrogens is 3. The Balaban J connectivity index is 1.20. The zero-order valence-electron chi connectivity index (χ0n) is 25.4. The number of carboxylic acid groups (broad SMARTS) is 1. The van der Waals surface area contributed by atoms with E-state index in [4.69, 9.17) is 26.3 Å². The normalized spacial score (nSPS) is 14.0. The van der Waals surface area contributed by atoms with Gasteiger partial charge in [0.25, 0.3) is 0 Å². The second-order valence-electron chi connectivity index (χ2n) is 11.4. The van der Waals surface area contributed by atoms with Crippen LogP contribution in [0.25, 0.3) is 11.0 Å². The van der Waals surface area contributed by atoms with E-state index >= 15 is 4.39 Å². The third kappa shape index (κ3) is 8.92. The van der Waals surface area contributed by atoms with Gasteiger partial charge in [0.15, 0.2) is 17.4 Å². The summed E-state index contributed by atoms with van der Waals surface area (Å²) in [5, 5.41) is 18.4. The van der Waals surface area contributed by atoms with E-state index in [1.165, 1.54) is 18.2 Å². The topological polar surface area (TPSA) is 114 Å². The molecule has 1 saturated heterocycles. The molecular formula is C34H36ClF2N5O4. The Labute approximate surface area is 271 Å². The molecule has 0 bridgehead atoms. The van der Waals surface area contributed by atoms with E-state index in [0.29, 0.717) is 47.2 Å². The zero-order chi connectivity index (χ0) is 32.5. The molecule has 0 spiro atoms. The van der Waals surface area contributed by atoms with Crippen LogP contribution >= 0.6 is 11.6 Å². The number of carbonyl (C=O) groups is 1. The van der Waals surface area contributed by atoms with Crippen LogP contribution in [0.4, 0.5) is 8.78 Å². The summed E-state index contributed by atoms with van der Waals surface area (Å²) < 4.78 is 42.9. The molecule has 242 valence electrons. The van der Waals surface area contributed by atoms with Crippen LogP contribution in [0.2, 0.25) is 5.02 Å². The molecule has 0 amide bonds. The Bertz CT molecular complexity index is 1700. The van der Waals surface area contributed by atoms with Gasteiger partial charge in [-0.2, -0.15) is 5.26 Å². The molecule has 46 heavy (non-hydrogen) atoms. The number of benzene rings is 2. The first-order valence-corrected chi connectivity index (χ1v) is 15.9. The summed E-state index contributed by atoms with van der Waals surface area (Å²) in [4.78, 5) is 22.8. The number of aryl methyl sites for hydroxylation is 1. The molecule has 2 aromatic heterocycles. The maximum Gasteiger partial charge on any atom is 0.307 e. The first-order valence-electron chi connectivity index (χ1n) is 15.5. The smallest absolute Gasteiger partial charge is 0.307 e. The van der Waals surface area contributed by atoms with Gasteiger partial charge in [0.1, 0.15) is 24.1 Å². The highest BCUT2D eigenvalue weighted by molar-refractivity contribution is 6.30. The molecule has 0 unspecified atom stereocenters. The number of pyridine rings is 1. The number of likely N-dealkylation sites (tertiary alicyclic amines) is 1. The first-order chi connectivity index (χ1) is 22.3. The highest BCUT2D eigenvalue weighted by atomic mass is 35.5. The van der Waals surface area contributed by atoms with Gasteiger partial charge < -0.3 is 19.1 Å². The number of fused-ring (bicyclic) bond motifs is 1. The van der Waals surface area contributed by atoms with Gasteiger partial charge >= 0.3 is 5.97 Å². The number of imidazole rings is 1. The zero-order valence-corrected chi connectivity index (χ0v) is 26.2. The van der Waals surface area contributed by atoms with Gasteiger partial charge in [-0.25, -0.2) is 18.7 Å². The molecule has 3 heterocycles. The third-order valence-corrected chi connectivity index (χ3v) is 8.19. The molecule has 1 aliphatic rings. The fourth-order valence-corrected chi connectivity index (χ4v) is 5.82. The van der Waals surface area contributed by atoms with Crippen molar-refractivity contribution in [1.82, 2.24) is 19.4 Å². The van der Waals surface area contributed by atoms with Crippen LogP contribution in [0, 0.1) is 23.0 Å². The average Bonchev–Trinajstić information content (AvgIpc) is 3.36. The molecule has 5 rings (SSSR count). The maximum absolute atomic E-state index is 15.1. The van der Waals surface area contributed by atoms with Gasteiger partial charge in [0.2, 0.25) is 5.88 Å². The summed E-state index contributed by atoms with van der Waals surface area (Å²) in [6.45, 7) is 2.72. The van der Waals surface area contributed by atoms with E-state index in [1.54, 1.807) is 24.3 Å². The molecule has 2 aromatic carbocycles.